The summed E-state index contributed by atoms with van der Waals surface area (Å²) >= 11 is 0. The van der Waals surface area contributed by atoms with Gasteiger partial charge >= 0.3 is 6.18 Å². The van der Waals surface area contributed by atoms with E-state index in [9.17, 15) is 33.1 Å². The zero-order valence-corrected chi connectivity index (χ0v) is 19.3. The Morgan fingerprint density at radius 3 is 2.57 bits per heavy atom. The van der Waals surface area contributed by atoms with Gasteiger partial charge in [-0.2, -0.15) is 23.5 Å². The van der Waals surface area contributed by atoms with Gasteiger partial charge in [0.15, 0.2) is 5.69 Å². The predicted molar refractivity (Wildman–Crippen MR) is 121 cm³/mol. The Kier molecular flexibility index (Phi) is 6.54. The van der Waals surface area contributed by atoms with Gasteiger partial charge in [0.05, 0.1) is 24.0 Å². The number of hydrogen-bond acceptors (Lipinski definition) is 8. The van der Waals surface area contributed by atoms with Crippen molar-refractivity contribution in [3.8, 4) is 11.8 Å². The minimum absolute atomic E-state index is 0.0122. The average molecular weight is 513 g/mol. The fraction of sp³-hybridized carbons (Fsp3) is 0.217. The molecule has 0 radical (unpaired) electrons. The first-order chi connectivity index (χ1) is 17.5. The number of halogens is 3. The fourth-order valence-electron chi connectivity index (χ4n) is 4.01. The predicted octanol–water partition coefficient (Wildman–Crippen LogP) is 2.81. The Morgan fingerprint density at radius 1 is 1.24 bits per heavy atom. The number of hydrogen-bond donors (Lipinski definition) is 2. The van der Waals surface area contributed by atoms with Gasteiger partial charge in [-0.25, -0.2) is 4.98 Å². The third-order valence-corrected chi connectivity index (χ3v) is 5.67. The summed E-state index contributed by atoms with van der Waals surface area (Å²) in [6.45, 7) is 0. The lowest BCUT2D eigenvalue weighted by atomic mass is 9.79. The van der Waals surface area contributed by atoms with Crippen molar-refractivity contribution in [1.29, 1.82) is 5.26 Å². The highest BCUT2D eigenvalue weighted by Crippen LogP contribution is 2.48. The van der Waals surface area contributed by atoms with Gasteiger partial charge in [-0.3, -0.25) is 18.8 Å². The van der Waals surface area contributed by atoms with E-state index < -0.39 is 46.7 Å². The van der Waals surface area contributed by atoms with Crippen LogP contribution in [0.5, 0.6) is 5.75 Å². The van der Waals surface area contributed by atoms with Crippen molar-refractivity contribution in [2.45, 2.75) is 18.0 Å². The van der Waals surface area contributed by atoms with Crippen LogP contribution in [0.25, 0.3) is 0 Å². The van der Waals surface area contributed by atoms with Crippen molar-refractivity contribution in [3.63, 3.8) is 0 Å². The van der Waals surface area contributed by atoms with Gasteiger partial charge < -0.3 is 14.9 Å². The van der Waals surface area contributed by atoms with Gasteiger partial charge in [0, 0.05) is 26.2 Å². The highest BCUT2D eigenvalue weighted by molar-refractivity contribution is 6.04. The third-order valence-electron chi connectivity index (χ3n) is 5.67. The SMILES string of the molecule is Cn1cc([C@H](c2ccccc2C#N)[C@H](c2nc(C(=O)Nc3cnoc3)c(O)c(=O)n2C)C(F)(F)F)cn1. The largest absolute Gasteiger partial charge is 0.501 e. The highest BCUT2D eigenvalue weighted by atomic mass is 19.4. The van der Waals surface area contributed by atoms with E-state index >= 15 is 0 Å². The molecule has 37 heavy (non-hydrogen) atoms. The molecule has 3 heterocycles. The quantitative estimate of drug-likeness (QED) is 0.399. The normalized spacial score (nSPS) is 13.1. The zero-order valence-electron chi connectivity index (χ0n) is 19.3. The average Bonchev–Trinajstić information content (AvgIpc) is 3.52. The van der Waals surface area contributed by atoms with Crippen LogP contribution in [0.1, 0.15) is 44.8 Å². The first-order valence-electron chi connectivity index (χ1n) is 10.6. The Hall–Kier alpha value is -4.93. The summed E-state index contributed by atoms with van der Waals surface area (Å²) in [4.78, 5) is 29.4. The number of nitrogens with zero attached hydrogens (tertiary/aromatic N) is 6. The highest BCUT2D eigenvalue weighted by Gasteiger charge is 2.50. The molecule has 0 bridgehead atoms. The van der Waals surface area contributed by atoms with Crippen molar-refractivity contribution in [1.82, 2.24) is 24.5 Å². The summed E-state index contributed by atoms with van der Waals surface area (Å²) in [6, 6.07) is 7.62. The number of aryl methyl sites for hydroxylation is 1. The monoisotopic (exact) mass is 513 g/mol. The summed E-state index contributed by atoms with van der Waals surface area (Å²) in [5.74, 6) is -7.26. The number of nitriles is 1. The summed E-state index contributed by atoms with van der Waals surface area (Å²) in [7, 11) is 2.52. The lowest BCUT2D eigenvalue weighted by Gasteiger charge is -2.30. The van der Waals surface area contributed by atoms with E-state index in [1.807, 2.05) is 6.07 Å². The van der Waals surface area contributed by atoms with E-state index in [-0.39, 0.29) is 22.4 Å². The molecule has 1 amide bonds. The topological polar surface area (TPSA) is 152 Å². The summed E-state index contributed by atoms with van der Waals surface area (Å²) < 4.78 is 51.0. The Morgan fingerprint density at radius 2 is 1.97 bits per heavy atom. The van der Waals surface area contributed by atoms with E-state index in [4.69, 9.17) is 0 Å². The first kappa shape index (κ1) is 25.2. The molecule has 0 aliphatic carbocycles. The van der Waals surface area contributed by atoms with Crippen molar-refractivity contribution >= 4 is 11.6 Å². The second-order valence-corrected chi connectivity index (χ2v) is 8.04. The van der Waals surface area contributed by atoms with Gasteiger partial charge in [0.2, 0.25) is 5.75 Å². The lowest BCUT2D eigenvalue weighted by Crippen LogP contribution is -2.36. The summed E-state index contributed by atoms with van der Waals surface area (Å²) in [6.07, 6.45) is -0.315. The van der Waals surface area contributed by atoms with Crippen LogP contribution in [0.3, 0.4) is 0 Å². The molecule has 190 valence electrons. The zero-order chi connectivity index (χ0) is 26.9. The maximum atomic E-state index is 14.9. The van der Waals surface area contributed by atoms with Gasteiger partial charge in [-0.15, -0.1) is 0 Å². The van der Waals surface area contributed by atoms with Crippen LogP contribution >= 0.6 is 0 Å². The van der Waals surface area contributed by atoms with Gasteiger partial charge in [-0.05, 0) is 17.2 Å². The molecule has 0 aliphatic heterocycles. The first-order valence-corrected chi connectivity index (χ1v) is 10.6. The number of aromatic hydroxyl groups is 1. The molecule has 14 heteroatoms. The number of alkyl halides is 3. The molecule has 4 aromatic rings. The number of amides is 1. The number of carbonyl (C=O) groups excluding carboxylic acids is 1. The Balaban J connectivity index is 1.98. The molecule has 0 saturated heterocycles. The Labute approximate surface area is 206 Å². The number of carbonyl (C=O) groups is 1. The van der Waals surface area contributed by atoms with Gasteiger partial charge in [-0.1, -0.05) is 23.4 Å². The number of rotatable bonds is 6. The number of anilines is 1. The minimum atomic E-state index is -5.03. The Bertz CT molecular complexity index is 1550. The molecule has 0 unspecified atom stereocenters. The van der Waals surface area contributed by atoms with Crippen LogP contribution < -0.4 is 10.9 Å². The van der Waals surface area contributed by atoms with Crippen molar-refractivity contribution < 1.29 is 27.6 Å². The number of aromatic nitrogens is 5. The van der Waals surface area contributed by atoms with Crippen LogP contribution in [-0.4, -0.2) is 41.7 Å². The van der Waals surface area contributed by atoms with Crippen molar-refractivity contribution in [3.05, 3.63) is 87.7 Å². The molecular formula is C23H18F3N7O4. The van der Waals surface area contributed by atoms with E-state index in [1.165, 1.54) is 48.4 Å². The molecule has 4 rings (SSSR count). The van der Waals surface area contributed by atoms with Gasteiger partial charge in [0.25, 0.3) is 11.5 Å². The maximum Gasteiger partial charge on any atom is 0.399 e. The summed E-state index contributed by atoms with van der Waals surface area (Å²) in [5.41, 5.74) is -2.10. The smallest absolute Gasteiger partial charge is 0.399 e. The molecule has 0 spiro atoms. The number of benzene rings is 1. The molecule has 11 nitrogen and oxygen atoms in total. The molecule has 1 aromatic carbocycles. The van der Waals surface area contributed by atoms with Crippen LogP contribution in [0, 0.1) is 11.3 Å². The lowest BCUT2D eigenvalue weighted by molar-refractivity contribution is -0.156. The van der Waals surface area contributed by atoms with Crippen LogP contribution in [0.4, 0.5) is 18.9 Å². The second kappa shape index (κ2) is 9.61. The standard InChI is InChI=1S/C23H18F3N7O4/c1-32-10-13(8-28-32)16(15-6-4-3-5-12(15)7-27)17(23(24,25)26)20-31-18(19(34)22(36)33(20)2)21(35)30-14-9-29-37-11-14/h3-6,8-11,16-17,34H,1-2H3,(H,30,35)/t16-,17-/m1/s1. The van der Waals surface area contributed by atoms with E-state index in [0.717, 1.165) is 19.5 Å². The molecular weight excluding hydrogens is 495 g/mol. The summed E-state index contributed by atoms with van der Waals surface area (Å²) in [5, 5.41) is 29.5. The number of nitrogens with one attached hydrogen (secondary N) is 1. The molecule has 0 aliphatic rings. The van der Waals surface area contributed by atoms with E-state index in [0.29, 0.717) is 4.57 Å². The van der Waals surface area contributed by atoms with Crippen LogP contribution in [-0.2, 0) is 14.1 Å². The van der Waals surface area contributed by atoms with Crippen LogP contribution in [0.15, 0.2) is 58.4 Å². The van der Waals surface area contributed by atoms with E-state index in [2.05, 4.69) is 25.1 Å². The second-order valence-electron chi connectivity index (χ2n) is 8.04. The van der Waals surface area contributed by atoms with Crippen LogP contribution in [0.2, 0.25) is 0 Å². The minimum Gasteiger partial charge on any atom is -0.501 e. The molecule has 2 atom stereocenters. The molecule has 0 fully saturated rings. The fourth-order valence-corrected chi connectivity index (χ4v) is 4.01. The van der Waals surface area contributed by atoms with Gasteiger partial charge in [0.1, 0.15) is 23.7 Å². The van der Waals surface area contributed by atoms with Crippen molar-refractivity contribution in [2.75, 3.05) is 5.32 Å². The molecule has 3 aromatic heterocycles. The van der Waals surface area contributed by atoms with Crippen molar-refractivity contribution in [2.24, 2.45) is 14.1 Å². The molecule has 0 saturated carbocycles. The maximum absolute atomic E-state index is 14.9. The third kappa shape index (κ3) is 4.79. The van der Waals surface area contributed by atoms with E-state index in [1.54, 1.807) is 0 Å². The molecule has 2 N–H and O–H groups in total.